The van der Waals surface area contributed by atoms with E-state index < -0.39 is 51.9 Å². The third kappa shape index (κ3) is 7.49. The molecule has 3 aromatic rings. The number of hydrogen-bond acceptors (Lipinski definition) is 5. The fraction of sp³-hybridized carbons (Fsp3) is 0.105. The second-order valence-corrected chi connectivity index (χ2v) is 6.19. The zero-order valence-corrected chi connectivity index (χ0v) is 16.7. The fourth-order valence-electron chi connectivity index (χ4n) is 2.21. The van der Waals surface area contributed by atoms with Crippen LogP contribution in [0, 0.1) is 5.82 Å². The number of aromatic nitrogens is 2. The Labute approximate surface area is 185 Å². The second-order valence-electron chi connectivity index (χ2n) is 5.81. The van der Waals surface area contributed by atoms with Crippen LogP contribution in [0.4, 0.5) is 30.7 Å². The molecule has 0 atom stereocenters. The number of halogens is 8. The summed E-state index contributed by atoms with van der Waals surface area (Å²) in [7, 11) is 0. The van der Waals surface area contributed by atoms with Gasteiger partial charge in [0.2, 0.25) is 0 Å². The number of nitrogens with zero attached hydrogens (tertiary/aromatic N) is 2. The molecule has 14 heteroatoms. The van der Waals surface area contributed by atoms with E-state index in [1.165, 1.54) is 6.33 Å². The average molecular weight is 498 g/mol. The van der Waals surface area contributed by atoms with E-state index in [0.717, 1.165) is 24.3 Å². The molecule has 0 aliphatic heterocycles. The first-order chi connectivity index (χ1) is 15.3. The highest BCUT2D eigenvalue weighted by Gasteiger charge is 2.37. The van der Waals surface area contributed by atoms with E-state index in [2.05, 4.69) is 14.7 Å². The molecular formula is C19H11ClF7N3O3. The molecule has 1 heterocycles. The van der Waals surface area contributed by atoms with Crippen molar-refractivity contribution in [3.63, 3.8) is 0 Å². The van der Waals surface area contributed by atoms with Crippen molar-refractivity contribution in [2.45, 2.75) is 12.5 Å². The Morgan fingerprint density at radius 1 is 0.970 bits per heavy atom. The van der Waals surface area contributed by atoms with Crippen molar-refractivity contribution in [2.75, 3.05) is 0 Å². The van der Waals surface area contributed by atoms with Crippen LogP contribution in [0.2, 0.25) is 5.02 Å². The molecule has 33 heavy (non-hydrogen) atoms. The lowest BCUT2D eigenvalue weighted by Crippen LogP contribution is -2.17. The zero-order valence-electron chi connectivity index (χ0n) is 15.9. The Morgan fingerprint density at radius 3 is 1.91 bits per heavy atom. The molecule has 3 rings (SSSR count). The standard InChI is InChI=1S/C15H7ClF7NO3.C4H4N2/c16-11-8(14(18,19)20)5-9(10(12(11)17)13(24)25)26-6-1-3-7(4-2-6)27-15(21,22)23;1-2-5-4-6-3-1/h1-5H,(H2,24,25);1-4H. The topological polar surface area (TPSA) is 87.3 Å². The van der Waals surface area contributed by atoms with Gasteiger partial charge in [-0.15, -0.1) is 13.2 Å². The first kappa shape index (κ1) is 25.6. The third-order valence-electron chi connectivity index (χ3n) is 3.49. The Kier molecular flexibility index (Phi) is 8.03. The van der Waals surface area contributed by atoms with Crippen molar-refractivity contribution in [1.82, 2.24) is 9.97 Å². The molecule has 0 spiro atoms. The normalized spacial score (nSPS) is 11.3. The van der Waals surface area contributed by atoms with Gasteiger partial charge in [-0.05, 0) is 36.4 Å². The van der Waals surface area contributed by atoms with Gasteiger partial charge in [0.05, 0.1) is 10.6 Å². The van der Waals surface area contributed by atoms with Gasteiger partial charge in [0, 0.05) is 12.4 Å². The molecule has 1 aromatic heterocycles. The van der Waals surface area contributed by atoms with E-state index in [1.807, 2.05) is 0 Å². The van der Waals surface area contributed by atoms with Crippen molar-refractivity contribution in [3.05, 3.63) is 77.1 Å². The van der Waals surface area contributed by atoms with Crippen LogP contribution in [0.3, 0.4) is 0 Å². The minimum atomic E-state index is -5.07. The number of benzene rings is 2. The van der Waals surface area contributed by atoms with Crippen molar-refractivity contribution in [1.29, 1.82) is 0 Å². The maximum atomic E-state index is 14.1. The summed E-state index contributed by atoms with van der Waals surface area (Å²) in [5.74, 6) is -5.08. The molecule has 0 fully saturated rings. The van der Waals surface area contributed by atoms with E-state index in [-0.39, 0.29) is 11.8 Å². The summed E-state index contributed by atoms with van der Waals surface area (Å²) in [6.07, 6.45) is -5.15. The Balaban J connectivity index is 0.000000554. The molecule has 0 bridgehead atoms. The van der Waals surface area contributed by atoms with Crippen molar-refractivity contribution >= 4 is 17.5 Å². The average Bonchev–Trinajstić information content (AvgIpc) is 2.71. The number of carbonyl (C=O) groups is 1. The molecule has 0 saturated heterocycles. The highest BCUT2D eigenvalue weighted by molar-refractivity contribution is 6.32. The predicted octanol–water partition coefficient (Wildman–Crippen LogP) is 5.76. The number of rotatable bonds is 4. The second kappa shape index (κ2) is 10.3. The number of hydrogen-bond donors (Lipinski definition) is 1. The van der Waals surface area contributed by atoms with Crippen LogP contribution in [0.5, 0.6) is 17.2 Å². The third-order valence-corrected chi connectivity index (χ3v) is 3.85. The largest absolute Gasteiger partial charge is 0.573 e. The van der Waals surface area contributed by atoms with Crippen LogP contribution in [0.15, 0.2) is 55.1 Å². The molecular weight excluding hydrogens is 487 g/mol. The molecule has 1 amide bonds. The number of carbonyl (C=O) groups excluding carboxylic acids is 1. The first-order valence-corrected chi connectivity index (χ1v) is 8.80. The van der Waals surface area contributed by atoms with Crippen molar-refractivity contribution in [3.8, 4) is 17.2 Å². The molecule has 6 nitrogen and oxygen atoms in total. The number of primary amides is 1. The van der Waals surface area contributed by atoms with E-state index in [0.29, 0.717) is 0 Å². The van der Waals surface area contributed by atoms with Gasteiger partial charge in [-0.1, -0.05) is 11.6 Å². The number of alkyl halides is 6. The Bertz CT molecular complexity index is 1070. The monoisotopic (exact) mass is 497 g/mol. The molecule has 2 aromatic carbocycles. The van der Waals surface area contributed by atoms with Gasteiger partial charge in [-0.2, -0.15) is 13.2 Å². The minimum Gasteiger partial charge on any atom is -0.456 e. The summed E-state index contributed by atoms with van der Waals surface area (Å²) < 4.78 is 97.8. The quantitative estimate of drug-likeness (QED) is 0.463. The van der Waals surface area contributed by atoms with Crippen LogP contribution in [-0.2, 0) is 6.18 Å². The van der Waals surface area contributed by atoms with Crippen molar-refractivity contribution < 1.29 is 45.0 Å². The number of nitrogens with two attached hydrogens (primary N) is 1. The van der Waals surface area contributed by atoms with Gasteiger partial charge in [0.1, 0.15) is 29.1 Å². The molecule has 0 aliphatic carbocycles. The molecule has 0 radical (unpaired) electrons. The minimum absolute atomic E-state index is 0.256. The molecule has 2 N–H and O–H groups in total. The van der Waals surface area contributed by atoms with Gasteiger partial charge in [-0.25, -0.2) is 14.4 Å². The lowest BCUT2D eigenvalue weighted by molar-refractivity contribution is -0.274. The molecule has 0 aliphatic rings. The van der Waals surface area contributed by atoms with Crippen LogP contribution in [0.1, 0.15) is 15.9 Å². The maximum absolute atomic E-state index is 14.1. The van der Waals surface area contributed by atoms with Crippen LogP contribution < -0.4 is 15.2 Å². The Morgan fingerprint density at radius 2 is 1.52 bits per heavy atom. The summed E-state index contributed by atoms with van der Waals surface area (Å²) in [4.78, 5) is 18.7. The molecule has 176 valence electrons. The van der Waals surface area contributed by atoms with Gasteiger partial charge in [-0.3, -0.25) is 4.79 Å². The number of ether oxygens (including phenoxy) is 2. The van der Waals surface area contributed by atoms with E-state index >= 15 is 0 Å². The lowest BCUT2D eigenvalue weighted by atomic mass is 10.1. The van der Waals surface area contributed by atoms with Crippen molar-refractivity contribution in [2.24, 2.45) is 5.73 Å². The summed E-state index contributed by atoms with van der Waals surface area (Å²) in [6.45, 7) is 0. The summed E-state index contributed by atoms with van der Waals surface area (Å²) in [6, 6.07) is 5.41. The smallest absolute Gasteiger partial charge is 0.456 e. The lowest BCUT2D eigenvalue weighted by Gasteiger charge is -2.16. The zero-order chi connectivity index (χ0) is 24.8. The van der Waals surface area contributed by atoms with Gasteiger partial charge < -0.3 is 15.2 Å². The highest BCUT2D eigenvalue weighted by atomic mass is 35.5. The fourth-order valence-corrected chi connectivity index (χ4v) is 2.46. The van der Waals surface area contributed by atoms with Gasteiger partial charge in [0.25, 0.3) is 5.91 Å². The number of amides is 1. The summed E-state index contributed by atoms with van der Waals surface area (Å²) in [5, 5.41) is -1.38. The van der Waals surface area contributed by atoms with Gasteiger partial charge >= 0.3 is 12.5 Å². The predicted molar refractivity (Wildman–Crippen MR) is 100 cm³/mol. The highest BCUT2D eigenvalue weighted by Crippen LogP contribution is 2.41. The van der Waals surface area contributed by atoms with Gasteiger partial charge in [0.15, 0.2) is 5.82 Å². The maximum Gasteiger partial charge on any atom is 0.573 e. The van der Waals surface area contributed by atoms with E-state index in [1.54, 1.807) is 18.5 Å². The van der Waals surface area contributed by atoms with E-state index in [9.17, 15) is 35.5 Å². The summed E-state index contributed by atoms with van der Waals surface area (Å²) in [5.41, 5.74) is 2.27. The van der Waals surface area contributed by atoms with Crippen LogP contribution in [-0.4, -0.2) is 22.2 Å². The SMILES string of the molecule is NC(=O)c1c(Oc2ccc(OC(F)(F)F)cc2)cc(C(F)(F)F)c(Cl)c1F.c1cncnc1. The van der Waals surface area contributed by atoms with E-state index in [4.69, 9.17) is 22.1 Å². The van der Waals surface area contributed by atoms with Crippen LogP contribution in [0.25, 0.3) is 0 Å². The molecule has 0 unspecified atom stereocenters. The summed E-state index contributed by atoms with van der Waals surface area (Å²) >= 11 is 5.30. The Hall–Kier alpha value is -3.61. The van der Waals surface area contributed by atoms with Crippen LogP contribution >= 0.6 is 11.6 Å². The molecule has 0 saturated carbocycles. The first-order valence-electron chi connectivity index (χ1n) is 8.42.